The molecule has 0 rings (SSSR count). The van der Waals surface area contributed by atoms with Gasteiger partial charge in [-0.15, -0.1) is 0 Å². The molecule has 0 aliphatic rings. The molecule has 1 unspecified atom stereocenters. The summed E-state index contributed by atoms with van der Waals surface area (Å²) in [6.45, 7) is -1.71. The van der Waals surface area contributed by atoms with Gasteiger partial charge in [0.1, 0.15) is 0 Å². The van der Waals surface area contributed by atoms with Crippen LogP contribution in [0.3, 0.4) is 0 Å². The number of hydrogen-bond donors (Lipinski definition) is 0. The number of halogens is 7. The van der Waals surface area contributed by atoms with E-state index in [9.17, 15) is 22.4 Å². The summed E-state index contributed by atoms with van der Waals surface area (Å²) in [5.41, 5.74) is 0. The van der Waals surface area contributed by atoms with Gasteiger partial charge in [-0.1, -0.05) is 43.5 Å². The Kier molecular flexibility index (Phi) is 5.84. The normalized spacial score (nSPS) is 16.3. The van der Waals surface area contributed by atoms with Crippen LogP contribution >= 0.6 is 43.5 Å². The summed E-state index contributed by atoms with van der Waals surface area (Å²) in [5, 5.41) is -0.124. The van der Waals surface area contributed by atoms with E-state index in [2.05, 4.69) is 36.6 Å². The molecule has 0 radical (unpaired) electrons. The molecule has 1 atom stereocenters. The predicted molar refractivity (Wildman–Crippen MR) is 53.2 cm³/mol. The highest BCUT2D eigenvalue weighted by molar-refractivity contribution is 9.13. The summed E-state index contributed by atoms with van der Waals surface area (Å²) >= 11 is 10.9. The molecule has 9 heteroatoms. The monoisotopic (exact) mass is 378 g/mol. The Morgan fingerprint density at radius 3 is 2.27 bits per heavy atom. The highest BCUT2D eigenvalue weighted by atomic mass is 79.9. The number of alkyl halides is 7. The molecule has 0 amide bonds. The van der Waals surface area contributed by atoms with E-state index in [0.717, 1.165) is 0 Å². The molecule has 90 valence electrons. The highest BCUT2D eigenvalue weighted by Gasteiger charge is 2.44. The van der Waals surface area contributed by atoms with E-state index in [-0.39, 0.29) is 5.33 Å². The van der Waals surface area contributed by atoms with Crippen molar-refractivity contribution in [3.63, 3.8) is 0 Å². The van der Waals surface area contributed by atoms with E-state index in [0.29, 0.717) is 0 Å². The molecule has 0 aromatic carbocycles. The molecule has 0 spiro atoms. The molecular formula is C6H5Br2ClF4O2. The largest absolute Gasteiger partial charge is 0.457 e. The second-order valence-corrected chi connectivity index (χ2v) is 5.49. The topological polar surface area (TPSA) is 26.3 Å². The van der Waals surface area contributed by atoms with Gasteiger partial charge in [0.25, 0.3) is 0 Å². The first-order valence-corrected chi connectivity index (χ1v) is 5.69. The minimum atomic E-state index is -4.37. The minimum Gasteiger partial charge on any atom is -0.457 e. The van der Waals surface area contributed by atoms with Crippen molar-refractivity contribution in [1.82, 2.24) is 0 Å². The van der Waals surface area contributed by atoms with Crippen LogP contribution < -0.4 is 0 Å². The van der Waals surface area contributed by atoms with Crippen molar-refractivity contribution in [1.29, 1.82) is 0 Å². The van der Waals surface area contributed by atoms with Crippen molar-refractivity contribution in [2.75, 3.05) is 11.9 Å². The lowest BCUT2D eigenvalue weighted by Crippen LogP contribution is -2.37. The molecule has 0 N–H and O–H groups in total. The smallest absolute Gasteiger partial charge is 0.340 e. The van der Waals surface area contributed by atoms with E-state index in [1.165, 1.54) is 0 Å². The van der Waals surface area contributed by atoms with Crippen LogP contribution in [0.15, 0.2) is 0 Å². The summed E-state index contributed by atoms with van der Waals surface area (Å²) in [5.74, 6) is -5.64. The van der Waals surface area contributed by atoms with Gasteiger partial charge in [-0.3, -0.25) is 0 Å². The minimum absolute atomic E-state index is 0.124. The third-order valence-corrected chi connectivity index (χ3v) is 3.99. The third-order valence-electron chi connectivity index (χ3n) is 1.18. The SMILES string of the molecule is O=C(OCC(F)(F)C(F)F)C(Cl)(Br)CBr. The maximum absolute atomic E-state index is 12.3. The molecule has 0 saturated carbocycles. The fourth-order valence-corrected chi connectivity index (χ4v) is 0.783. The molecule has 0 fully saturated rings. The number of hydrogen-bond acceptors (Lipinski definition) is 2. The Hall–Kier alpha value is 0.440. The molecule has 0 aromatic heterocycles. The maximum Gasteiger partial charge on any atom is 0.340 e. The summed E-state index contributed by atoms with van der Waals surface area (Å²) < 4.78 is 50.1. The van der Waals surface area contributed by atoms with Gasteiger partial charge in [0.15, 0.2) is 6.61 Å². The second-order valence-electron chi connectivity index (χ2n) is 2.48. The van der Waals surface area contributed by atoms with Gasteiger partial charge in [0, 0.05) is 5.33 Å². The predicted octanol–water partition coefficient (Wildman–Crippen LogP) is 3.15. The molecule has 15 heavy (non-hydrogen) atoms. The zero-order valence-corrected chi connectivity index (χ0v) is 10.9. The van der Waals surface area contributed by atoms with Crippen LogP contribution in [0, 0.1) is 0 Å². The van der Waals surface area contributed by atoms with Crippen molar-refractivity contribution in [2.24, 2.45) is 0 Å². The number of ether oxygens (including phenoxy) is 1. The van der Waals surface area contributed by atoms with Gasteiger partial charge in [-0.2, -0.15) is 8.78 Å². The Morgan fingerprint density at radius 1 is 1.47 bits per heavy atom. The van der Waals surface area contributed by atoms with Crippen LogP contribution in [-0.4, -0.2) is 34.0 Å². The lowest BCUT2D eigenvalue weighted by atomic mass is 10.4. The van der Waals surface area contributed by atoms with Crippen molar-refractivity contribution in [2.45, 2.75) is 16.1 Å². The standard InChI is InChI=1S/C6H5Br2ClF4O2/c7-1-5(8,9)4(14)15-2-6(12,13)3(10)11/h3H,1-2H2. The molecular weight excluding hydrogens is 375 g/mol. The van der Waals surface area contributed by atoms with Crippen molar-refractivity contribution >= 4 is 49.4 Å². The van der Waals surface area contributed by atoms with E-state index < -0.39 is 28.7 Å². The quantitative estimate of drug-likeness (QED) is 0.416. The molecule has 2 nitrogen and oxygen atoms in total. The van der Waals surface area contributed by atoms with E-state index in [4.69, 9.17) is 11.6 Å². The Morgan fingerprint density at radius 2 is 1.93 bits per heavy atom. The summed E-state index contributed by atoms with van der Waals surface area (Å²) in [7, 11) is 0. The lowest BCUT2D eigenvalue weighted by Gasteiger charge is -2.19. The molecule has 0 aliphatic heterocycles. The van der Waals surface area contributed by atoms with Crippen LogP contribution in [0.2, 0.25) is 0 Å². The lowest BCUT2D eigenvalue weighted by molar-refractivity contribution is -0.179. The van der Waals surface area contributed by atoms with Crippen LogP contribution in [0.25, 0.3) is 0 Å². The second kappa shape index (κ2) is 5.67. The molecule has 0 aliphatic carbocycles. The molecule has 0 heterocycles. The van der Waals surface area contributed by atoms with E-state index >= 15 is 0 Å². The highest BCUT2D eigenvalue weighted by Crippen LogP contribution is 2.29. The fraction of sp³-hybridized carbons (Fsp3) is 0.833. The third kappa shape index (κ3) is 4.86. The van der Waals surface area contributed by atoms with Crippen molar-refractivity contribution in [3.8, 4) is 0 Å². The Labute approximate surface area is 105 Å². The number of esters is 1. The zero-order chi connectivity index (χ0) is 12.3. The summed E-state index contributed by atoms with van der Waals surface area (Å²) in [6.07, 6.45) is -3.89. The molecule has 0 saturated heterocycles. The number of carbonyl (C=O) groups excluding carboxylic acids is 1. The van der Waals surface area contributed by atoms with Crippen molar-refractivity contribution in [3.05, 3.63) is 0 Å². The molecule has 0 aromatic rings. The average molecular weight is 380 g/mol. The van der Waals surface area contributed by atoms with Gasteiger partial charge in [-0.05, 0) is 0 Å². The van der Waals surface area contributed by atoms with Crippen LogP contribution in [0.5, 0.6) is 0 Å². The first-order chi connectivity index (χ1) is 6.63. The van der Waals surface area contributed by atoms with Crippen LogP contribution in [0.4, 0.5) is 17.6 Å². The van der Waals surface area contributed by atoms with Gasteiger partial charge >= 0.3 is 18.3 Å². The van der Waals surface area contributed by atoms with Crippen molar-refractivity contribution < 1.29 is 27.1 Å². The first-order valence-electron chi connectivity index (χ1n) is 3.40. The summed E-state index contributed by atoms with van der Waals surface area (Å²) in [4.78, 5) is 11.0. The van der Waals surface area contributed by atoms with Gasteiger partial charge in [-0.25, -0.2) is 13.6 Å². The van der Waals surface area contributed by atoms with Gasteiger partial charge < -0.3 is 4.74 Å². The number of rotatable bonds is 5. The molecule has 0 bridgehead atoms. The Balaban J connectivity index is 4.24. The van der Waals surface area contributed by atoms with Gasteiger partial charge in [0.2, 0.25) is 3.78 Å². The summed E-state index contributed by atoms with van der Waals surface area (Å²) in [6, 6.07) is 0. The van der Waals surface area contributed by atoms with Crippen LogP contribution in [-0.2, 0) is 9.53 Å². The average Bonchev–Trinajstić information content (AvgIpc) is 2.13. The van der Waals surface area contributed by atoms with Gasteiger partial charge in [0.05, 0.1) is 0 Å². The fourth-order valence-electron chi connectivity index (χ4n) is 0.385. The van der Waals surface area contributed by atoms with E-state index in [1.807, 2.05) is 0 Å². The zero-order valence-electron chi connectivity index (χ0n) is 6.95. The number of carbonyl (C=O) groups is 1. The first kappa shape index (κ1) is 15.4. The van der Waals surface area contributed by atoms with Crippen LogP contribution in [0.1, 0.15) is 0 Å². The Bertz CT molecular complexity index is 237. The maximum atomic E-state index is 12.3. The van der Waals surface area contributed by atoms with E-state index in [1.54, 1.807) is 0 Å².